The maximum atomic E-state index is 5.59. The molecule has 0 amide bonds. The van der Waals surface area contributed by atoms with Gasteiger partial charge in [-0.15, -0.1) is 4.98 Å². The maximum absolute atomic E-state index is 5.59. The van der Waals surface area contributed by atoms with Crippen molar-refractivity contribution in [3.05, 3.63) is 0 Å². The second-order valence-electron chi connectivity index (χ2n) is 4.68. The first-order valence-electron chi connectivity index (χ1n) is 6.48. The first-order chi connectivity index (χ1) is 9.17. The number of nitrogens with zero attached hydrogens (tertiary/aromatic N) is 3. The van der Waals surface area contributed by atoms with Crippen LogP contribution in [0.15, 0.2) is 0 Å². The Morgan fingerprint density at radius 2 is 2.11 bits per heavy atom. The summed E-state index contributed by atoms with van der Waals surface area (Å²) >= 11 is 0. The zero-order valence-electron chi connectivity index (χ0n) is 11.5. The number of anilines is 1. The molecule has 7 nitrogen and oxygen atoms in total. The van der Waals surface area contributed by atoms with Crippen LogP contribution >= 0.6 is 0 Å². The molecule has 2 heterocycles. The highest BCUT2D eigenvalue weighted by Crippen LogP contribution is 2.17. The van der Waals surface area contributed by atoms with Gasteiger partial charge in [0, 0.05) is 19.6 Å². The third-order valence-corrected chi connectivity index (χ3v) is 2.63. The van der Waals surface area contributed by atoms with E-state index in [9.17, 15) is 0 Å². The van der Waals surface area contributed by atoms with E-state index in [1.807, 2.05) is 13.8 Å². The van der Waals surface area contributed by atoms with Crippen molar-refractivity contribution in [3.63, 3.8) is 0 Å². The molecule has 1 aliphatic heterocycles. The Morgan fingerprint density at radius 3 is 2.74 bits per heavy atom. The number of hydrogen-bond acceptors (Lipinski definition) is 7. The fourth-order valence-corrected chi connectivity index (χ4v) is 1.69. The molecular formula is C12H20N4O3. The minimum Gasteiger partial charge on any atom is -0.463 e. The molecule has 2 rings (SSSR count). The summed E-state index contributed by atoms with van der Waals surface area (Å²) in [5.74, 6) is 0.840. The van der Waals surface area contributed by atoms with Gasteiger partial charge in [0.1, 0.15) is 0 Å². The minimum atomic E-state index is 0.00295. The van der Waals surface area contributed by atoms with Gasteiger partial charge in [0.05, 0.1) is 19.3 Å². The predicted octanol–water partition coefficient (Wildman–Crippen LogP) is 1.12. The topological polar surface area (TPSA) is 78.4 Å². The number of rotatable bonds is 6. The van der Waals surface area contributed by atoms with Crippen LogP contribution in [0.2, 0.25) is 0 Å². The van der Waals surface area contributed by atoms with Crippen LogP contribution in [0.5, 0.6) is 12.0 Å². The Kier molecular flexibility index (Phi) is 4.73. The lowest BCUT2D eigenvalue weighted by Gasteiger charge is -2.12. The van der Waals surface area contributed by atoms with Crippen LogP contribution in [0.3, 0.4) is 0 Å². The van der Waals surface area contributed by atoms with E-state index in [1.54, 1.807) is 7.05 Å². The largest absolute Gasteiger partial charge is 0.463 e. The fourth-order valence-electron chi connectivity index (χ4n) is 1.69. The predicted molar refractivity (Wildman–Crippen MR) is 69.6 cm³/mol. The molecule has 1 aromatic rings. The quantitative estimate of drug-likeness (QED) is 0.828. The van der Waals surface area contributed by atoms with Crippen LogP contribution in [0, 0.1) is 5.92 Å². The highest BCUT2D eigenvalue weighted by molar-refractivity contribution is 5.26. The molecule has 0 aliphatic carbocycles. The van der Waals surface area contributed by atoms with Crippen molar-refractivity contribution < 1.29 is 14.2 Å². The maximum Gasteiger partial charge on any atom is 0.324 e. The van der Waals surface area contributed by atoms with Crippen LogP contribution in [0.1, 0.15) is 20.3 Å². The summed E-state index contributed by atoms with van der Waals surface area (Å²) in [7, 11) is 1.74. The standard InChI is InChI=1S/C12H20N4O3/c1-8(2)19-12-15-10(13-3)14-11(16-12)18-7-9-4-5-17-6-9/h8-9H,4-7H2,1-3H3,(H,13,14,15,16). The zero-order chi connectivity index (χ0) is 13.7. The zero-order valence-corrected chi connectivity index (χ0v) is 11.5. The van der Waals surface area contributed by atoms with Crippen molar-refractivity contribution in [3.8, 4) is 12.0 Å². The molecule has 1 N–H and O–H groups in total. The lowest BCUT2D eigenvalue weighted by atomic mass is 10.1. The fraction of sp³-hybridized carbons (Fsp3) is 0.750. The Balaban J connectivity index is 2.00. The van der Waals surface area contributed by atoms with Gasteiger partial charge in [-0.3, -0.25) is 0 Å². The summed E-state index contributed by atoms with van der Waals surface area (Å²) in [5, 5.41) is 2.86. The summed E-state index contributed by atoms with van der Waals surface area (Å²) in [6, 6.07) is 0.550. The van der Waals surface area contributed by atoms with Gasteiger partial charge in [0.2, 0.25) is 5.95 Å². The van der Waals surface area contributed by atoms with Crippen molar-refractivity contribution in [1.29, 1.82) is 0 Å². The number of hydrogen-bond donors (Lipinski definition) is 1. The monoisotopic (exact) mass is 268 g/mol. The van der Waals surface area contributed by atoms with E-state index in [2.05, 4.69) is 20.3 Å². The highest BCUT2D eigenvalue weighted by atomic mass is 16.5. The SMILES string of the molecule is CNc1nc(OCC2CCOC2)nc(OC(C)C)n1. The summed E-state index contributed by atoms with van der Waals surface area (Å²) in [5.41, 5.74) is 0. The molecule has 1 unspecified atom stereocenters. The molecule has 1 aliphatic rings. The molecule has 7 heteroatoms. The molecule has 19 heavy (non-hydrogen) atoms. The van der Waals surface area contributed by atoms with E-state index in [-0.39, 0.29) is 18.1 Å². The molecule has 1 atom stereocenters. The second-order valence-corrected chi connectivity index (χ2v) is 4.68. The average Bonchev–Trinajstić information content (AvgIpc) is 2.88. The minimum absolute atomic E-state index is 0.00295. The van der Waals surface area contributed by atoms with Crippen molar-refractivity contribution in [1.82, 2.24) is 15.0 Å². The number of aromatic nitrogens is 3. The van der Waals surface area contributed by atoms with E-state index in [4.69, 9.17) is 14.2 Å². The lowest BCUT2D eigenvalue weighted by Crippen LogP contribution is -2.15. The van der Waals surface area contributed by atoms with Gasteiger partial charge in [-0.1, -0.05) is 0 Å². The molecule has 0 spiro atoms. The van der Waals surface area contributed by atoms with Crippen LogP contribution in [0.25, 0.3) is 0 Å². The molecule has 0 radical (unpaired) electrons. The molecule has 106 valence electrons. The van der Waals surface area contributed by atoms with Gasteiger partial charge in [-0.25, -0.2) is 0 Å². The Morgan fingerprint density at radius 1 is 1.32 bits per heavy atom. The van der Waals surface area contributed by atoms with Crippen LogP contribution in [0.4, 0.5) is 5.95 Å². The van der Waals surface area contributed by atoms with Crippen molar-refractivity contribution in [2.24, 2.45) is 5.92 Å². The Hall–Kier alpha value is -1.63. The highest BCUT2D eigenvalue weighted by Gasteiger charge is 2.17. The van der Waals surface area contributed by atoms with Crippen molar-refractivity contribution in [2.45, 2.75) is 26.4 Å². The molecule has 0 aromatic carbocycles. The van der Waals surface area contributed by atoms with Crippen LogP contribution in [-0.2, 0) is 4.74 Å². The third kappa shape index (κ3) is 4.20. The van der Waals surface area contributed by atoms with Gasteiger partial charge in [0.25, 0.3) is 0 Å². The van der Waals surface area contributed by atoms with Gasteiger partial charge in [-0.2, -0.15) is 9.97 Å². The normalized spacial score (nSPS) is 18.6. The van der Waals surface area contributed by atoms with Crippen LogP contribution in [-0.4, -0.2) is 47.9 Å². The van der Waals surface area contributed by atoms with Gasteiger partial charge >= 0.3 is 12.0 Å². The molecule has 1 aromatic heterocycles. The third-order valence-electron chi connectivity index (χ3n) is 2.63. The first-order valence-corrected chi connectivity index (χ1v) is 6.48. The Bertz CT molecular complexity index is 408. The van der Waals surface area contributed by atoms with Crippen molar-refractivity contribution in [2.75, 3.05) is 32.2 Å². The van der Waals surface area contributed by atoms with E-state index >= 15 is 0 Å². The van der Waals surface area contributed by atoms with Crippen LogP contribution < -0.4 is 14.8 Å². The first kappa shape index (κ1) is 13.8. The number of ether oxygens (including phenoxy) is 3. The summed E-state index contributed by atoms with van der Waals surface area (Å²) in [6.45, 7) is 5.92. The smallest absolute Gasteiger partial charge is 0.324 e. The average molecular weight is 268 g/mol. The van der Waals surface area contributed by atoms with Gasteiger partial charge in [-0.05, 0) is 20.3 Å². The van der Waals surface area contributed by atoms with E-state index in [1.165, 1.54) is 0 Å². The summed E-state index contributed by atoms with van der Waals surface area (Å²) in [4.78, 5) is 12.4. The summed E-state index contributed by atoms with van der Waals surface area (Å²) in [6.07, 6.45) is 1.02. The van der Waals surface area contributed by atoms with Gasteiger partial charge in [0.15, 0.2) is 0 Å². The van der Waals surface area contributed by atoms with Gasteiger partial charge < -0.3 is 19.5 Å². The molecule has 1 fully saturated rings. The summed E-state index contributed by atoms with van der Waals surface area (Å²) < 4.78 is 16.4. The van der Waals surface area contributed by atoms with E-state index < -0.39 is 0 Å². The molecule has 1 saturated heterocycles. The second kappa shape index (κ2) is 6.51. The Labute approximate surface area is 112 Å². The molecular weight excluding hydrogens is 248 g/mol. The molecule has 0 bridgehead atoms. The van der Waals surface area contributed by atoms with Crippen molar-refractivity contribution >= 4 is 5.95 Å². The van der Waals surface area contributed by atoms with E-state index in [0.29, 0.717) is 18.5 Å². The number of nitrogens with one attached hydrogen (secondary N) is 1. The molecule has 0 saturated carbocycles. The van der Waals surface area contributed by atoms with E-state index in [0.717, 1.165) is 19.6 Å². The lowest BCUT2D eigenvalue weighted by molar-refractivity contribution is 0.161.